The molecule has 1 aromatic heterocycles. The highest BCUT2D eigenvalue weighted by Crippen LogP contribution is 2.39. The highest BCUT2D eigenvalue weighted by atomic mass is 16.4. The van der Waals surface area contributed by atoms with Crippen molar-refractivity contribution < 1.29 is 14.7 Å². The van der Waals surface area contributed by atoms with E-state index >= 15 is 0 Å². The number of carbonyl (C=O) groups is 2. The van der Waals surface area contributed by atoms with Crippen LogP contribution in [0.25, 0.3) is 0 Å². The normalized spacial score (nSPS) is 19.9. The fourth-order valence-electron chi connectivity index (χ4n) is 1.89. The van der Waals surface area contributed by atoms with Crippen molar-refractivity contribution in [1.82, 2.24) is 20.1 Å². The topological polar surface area (TPSA) is 97.1 Å². The Morgan fingerprint density at radius 2 is 2.22 bits per heavy atom. The molecule has 0 radical (unpaired) electrons. The summed E-state index contributed by atoms with van der Waals surface area (Å²) in [6, 6.07) is -0.579. The standard InChI is InChI=1S/C11H16N4O3/c1-7(15-6-12-5-13-15)9(16)14-11(2,10(17)18)8-3-4-8/h5-8H,3-4H2,1-2H3,(H,14,16)(H,17,18). The third-order valence-electron chi connectivity index (χ3n) is 3.43. The number of nitrogens with one attached hydrogen (secondary N) is 1. The zero-order chi connectivity index (χ0) is 13.3. The molecular weight excluding hydrogens is 236 g/mol. The van der Waals surface area contributed by atoms with E-state index in [0.717, 1.165) is 12.8 Å². The van der Waals surface area contributed by atoms with E-state index in [1.54, 1.807) is 13.8 Å². The van der Waals surface area contributed by atoms with Crippen molar-refractivity contribution in [1.29, 1.82) is 0 Å². The summed E-state index contributed by atoms with van der Waals surface area (Å²) in [5.41, 5.74) is -1.19. The highest BCUT2D eigenvalue weighted by molar-refractivity contribution is 5.88. The fourth-order valence-corrected chi connectivity index (χ4v) is 1.89. The minimum atomic E-state index is -1.19. The summed E-state index contributed by atoms with van der Waals surface area (Å²) >= 11 is 0. The third-order valence-corrected chi connectivity index (χ3v) is 3.43. The smallest absolute Gasteiger partial charge is 0.329 e. The molecule has 2 rings (SSSR count). The first kappa shape index (κ1) is 12.5. The summed E-state index contributed by atoms with van der Waals surface area (Å²) in [6.07, 6.45) is 4.43. The van der Waals surface area contributed by atoms with Crippen LogP contribution in [0.15, 0.2) is 12.7 Å². The number of hydrogen-bond donors (Lipinski definition) is 2. The van der Waals surface area contributed by atoms with Crippen molar-refractivity contribution in [3.8, 4) is 0 Å². The third kappa shape index (κ3) is 2.20. The van der Waals surface area contributed by atoms with Crippen LogP contribution in [0.5, 0.6) is 0 Å². The average Bonchev–Trinajstić information content (AvgIpc) is 3.04. The van der Waals surface area contributed by atoms with E-state index < -0.39 is 17.6 Å². The monoisotopic (exact) mass is 252 g/mol. The van der Waals surface area contributed by atoms with Gasteiger partial charge < -0.3 is 10.4 Å². The minimum absolute atomic E-state index is 0.0156. The molecule has 2 N–H and O–H groups in total. The zero-order valence-electron chi connectivity index (χ0n) is 10.3. The summed E-state index contributed by atoms with van der Waals surface area (Å²) in [7, 11) is 0. The Labute approximate surface area is 104 Å². The molecule has 7 nitrogen and oxygen atoms in total. The van der Waals surface area contributed by atoms with Crippen molar-refractivity contribution in [3.05, 3.63) is 12.7 Å². The summed E-state index contributed by atoms with van der Waals surface area (Å²) in [4.78, 5) is 27.1. The predicted octanol–water partition coefficient (Wildman–Crippen LogP) is 0.209. The number of aliphatic carboxylic acids is 1. The van der Waals surface area contributed by atoms with E-state index in [1.807, 2.05) is 0 Å². The van der Waals surface area contributed by atoms with Gasteiger partial charge in [0.2, 0.25) is 5.91 Å². The molecule has 98 valence electrons. The molecule has 1 aliphatic rings. The number of carbonyl (C=O) groups excluding carboxylic acids is 1. The molecule has 1 aromatic rings. The van der Waals surface area contributed by atoms with Crippen LogP contribution < -0.4 is 5.32 Å². The van der Waals surface area contributed by atoms with Crippen LogP contribution in [0.1, 0.15) is 32.7 Å². The molecule has 0 aliphatic heterocycles. The van der Waals surface area contributed by atoms with E-state index in [2.05, 4.69) is 15.4 Å². The van der Waals surface area contributed by atoms with Crippen LogP contribution in [0, 0.1) is 5.92 Å². The number of carboxylic acids is 1. The van der Waals surface area contributed by atoms with Crippen LogP contribution in [0.4, 0.5) is 0 Å². The van der Waals surface area contributed by atoms with Gasteiger partial charge in [-0.3, -0.25) is 4.79 Å². The fraction of sp³-hybridized carbons (Fsp3) is 0.636. The Morgan fingerprint density at radius 3 is 2.67 bits per heavy atom. The lowest BCUT2D eigenvalue weighted by atomic mass is 9.95. The Bertz CT molecular complexity index is 455. The average molecular weight is 252 g/mol. The van der Waals surface area contributed by atoms with Gasteiger partial charge in [-0.25, -0.2) is 14.5 Å². The van der Waals surface area contributed by atoms with E-state index in [9.17, 15) is 14.7 Å². The molecule has 1 amide bonds. The molecular formula is C11H16N4O3. The van der Waals surface area contributed by atoms with Gasteiger partial charge in [-0.05, 0) is 32.6 Å². The number of rotatable bonds is 5. The van der Waals surface area contributed by atoms with Gasteiger partial charge in [-0.2, -0.15) is 5.10 Å². The van der Waals surface area contributed by atoms with Gasteiger partial charge in [-0.15, -0.1) is 0 Å². The molecule has 2 atom stereocenters. The lowest BCUT2D eigenvalue weighted by Crippen LogP contribution is -2.55. The Kier molecular flexibility index (Phi) is 3.06. The summed E-state index contributed by atoms with van der Waals surface area (Å²) < 4.78 is 1.39. The zero-order valence-corrected chi connectivity index (χ0v) is 10.3. The van der Waals surface area contributed by atoms with Gasteiger partial charge in [0.1, 0.15) is 24.2 Å². The van der Waals surface area contributed by atoms with Crippen molar-refractivity contribution >= 4 is 11.9 Å². The number of amides is 1. The highest BCUT2D eigenvalue weighted by Gasteiger charge is 2.49. The Balaban J connectivity index is 2.08. The minimum Gasteiger partial charge on any atom is -0.480 e. The molecule has 1 heterocycles. The van der Waals surface area contributed by atoms with Gasteiger partial charge in [0.05, 0.1) is 0 Å². The molecule has 0 saturated heterocycles. The number of aromatic nitrogens is 3. The molecule has 0 spiro atoms. The van der Waals surface area contributed by atoms with E-state index in [-0.39, 0.29) is 11.8 Å². The lowest BCUT2D eigenvalue weighted by Gasteiger charge is -2.27. The quantitative estimate of drug-likeness (QED) is 0.780. The maximum atomic E-state index is 12.0. The second-order valence-corrected chi connectivity index (χ2v) is 4.82. The summed E-state index contributed by atoms with van der Waals surface area (Å²) in [5, 5.41) is 15.7. The van der Waals surface area contributed by atoms with Crippen LogP contribution in [-0.4, -0.2) is 37.3 Å². The molecule has 2 unspecified atom stereocenters. The van der Waals surface area contributed by atoms with E-state index in [4.69, 9.17) is 0 Å². The molecule has 0 bridgehead atoms. The largest absolute Gasteiger partial charge is 0.480 e. The van der Waals surface area contributed by atoms with Gasteiger partial charge in [0.25, 0.3) is 0 Å². The van der Waals surface area contributed by atoms with Crippen molar-refractivity contribution in [2.75, 3.05) is 0 Å². The SMILES string of the molecule is CC(C(=O)NC(C)(C(=O)O)C1CC1)n1cncn1. The first-order valence-corrected chi connectivity index (χ1v) is 5.84. The van der Waals surface area contributed by atoms with Crippen molar-refractivity contribution in [2.45, 2.75) is 38.3 Å². The van der Waals surface area contributed by atoms with Gasteiger partial charge in [-0.1, -0.05) is 0 Å². The van der Waals surface area contributed by atoms with E-state index in [0.29, 0.717) is 0 Å². The second-order valence-electron chi connectivity index (χ2n) is 4.82. The first-order chi connectivity index (χ1) is 8.45. The number of hydrogen-bond acceptors (Lipinski definition) is 4. The van der Waals surface area contributed by atoms with Crippen LogP contribution in [0.2, 0.25) is 0 Å². The summed E-state index contributed by atoms with van der Waals surface area (Å²) in [6.45, 7) is 3.21. The Morgan fingerprint density at radius 1 is 1.56 bits per heavy atom. The first-order valence-electron chi connectivity index (χ1n) is 5.84. The molecule has 1 fully saturated rings. The van der Waals surface area contributed by atoms with Gasteiger partial charge in [0.15, 0.2) is 0 Å². The van der Waals surface area contributed by atoms with Gasteiger partial charge in [0, 0.05) is 0 Å². The molecule has 1 saturated carbocycles. The summed E-state index contributed by atoms with van der Waals surface area (Å²) in [5.74, 6) is -1.34. The molecule has 1 aliphatic carbocycles. The molecule has 7 heteroatoms. The van der Waals surface area contributed by atoms with Crippen LogP contribution in [-0.2, 0) is 9.59 Å². The maximum absolute atomic E-state index is 12.0. The lowest BCUT2D eigenvalue weighted by molar-refractivity contribution is -0.148. The van der Waals surface area contributed by atoms with Crippen LogP contribution >= 0.6 is 0 Å². The predicted molar refractivity (Wildman–Crippen MR) is 61.6 cm³/mol. The molecule has 18 heavy (non-hydrogen) atoms. The molecule has 0 aromatic carbocycles. The number of carboxylic acid groups (broad SMARTS) is 1. The maximum Gasteiger partial charge on any atom is 0.329 e. The Hall–Kier alpha value is -1.92. The second kappa shape index (κ2) is 4.40. The van der Waals surface area contributed by atoms with Crippen molar-refractivity contribution in [3.63, 3.8) is 0 Å². The van der Waals surface area contributed by atoms with Crippen LogP contribution in [0.3, 0.4) is 0 Å². The number of nitrogens with zero attached hydrogens (tertiary/aromatic N) is 3. The van der Waals surface area contributed by atoms with Crippen molar-refractivity contribution in [2.24, 2.45) is 5.92 Å². The van der Waals surface area contributed by atoms with Gasteiger partial charge >= 0.3 is 5.97 Å². The van der Waals surface area contributed by atoms with E-state index in [1.165, 1.54) is 17.3 Å².